The van der Waals surface area contributed by atoms with E-state index >= 15 is 0 Å². The van der Waals surface area contributed by atoms with Gasteiger partial charge < -0.3 is 20.8 Å². The molecule has 2 saturated heterocycles. The van der Waals surface area contributed by atoms with E-state index in [2.05, 4.69) is 14.9 Å². The summed E-state index contributed by atoms with van der Waals surface area (Å²) in [6, 6.07) is 7.69. The van der Waals surface area contributed by atoms with E-state index in [0.717, 1.165) is 75.3 Å². The van der Waals surface area contributed by atoms with Crippen LogP contribution in [-0.4, -0.2) is 64.7 Å². The molecule has 2 aliphatic heterocycles. The second-order valence-electron chi connectivity index (χ2n) is 8.74. The number of hydrogen-bond donors (Lipinski definition) is 2. The van der Waals surface area contributed by atoms with Gasteiger partial charge in [0.2, 0.25) is 11.9 Å². The second kappa shape index (κ2) is 10.1. The Bertz CT molecular complexity index is 915. The topological polar surface area (TPSA) is 108 Å². The van der Waals surface area contributed by atoms with E-state index in [-0.39, 0.29) is 17.7 Å². The van der Waals surface area contributed by atoms with Gasteiger partial charge in [-0.15, -0.1) is 0 Å². The zero-order valence-electron chi connectivity index (χ0n) is 18.7. The quantitative estimate of drug-likeness (QED) is 0.674. The lowest BCUT2D eigenvalue weighted by Gasteiger charge is -2.37. The van der Waals surface area contributed by atoms with E-state index in [4.69, 9.17) is 15.9 Å². The summed E-state index contributed by atoms with van der Waals surface area (Å²) >= 11 is 0. The highest BCUT2D eigenvalue weighted by Gasteiger charge is 2.32. The number of carbonyl (C=O) groups is 1. The van der Waals surface area contributed by atoms with Crippen LogP contribution in [0.15, 0.2) is 36.7 Å². The van der Waals surface area contributed by atoms with E-state index in [1.807, 2.05) is 29.2 Å². The van der Waals surface area contributed by atoms with Gasteiger partial charge in [0.05, 0.1) is 7.11 Å². The number of piperidine rings is 2. The second-order valence-corrected chi connectivity index (χ2v) is 8.74. The molecule has 0 aliphatic carbocycles. The molecule has 8 nitrogen and oxygen atoms in total. The maximum absolute atomic E-state index is 13.1. The van der Waals surface area contributed by atoms with Gasteiger partial charge in [0, 0.05) is 55.1 Å². The summed E-state index contributed by atoms with van der Waals surface area (Å²) in [5.74, 6) is 1.69. The smallest absolute Gasteiger partial charge is 0.225 e. The maximum Gasteiger partial charge on any atom is 0.225 e. The van der Waals surface area contributed by atoms with Crippen molar-refractivity contribution in [1.82, 2.24) is 19.8 Å². The molecule has 3 heterocycles. The first kappa shape index (κ1) is 22.2. The van der Waals surface area contributed by atoms with Crippen LogP contribution in [-0.2, 0) is 11.3 Å². The highest BCUT2D eigenvalue weighted by Crippen LogP contribution is 2.27. The summed E-state index contributed by atoms with van der Waals surface area (Å²) in [6.07, 6.45) is 7.02. The zero-order chi connectivity index (χ0) is 22.5. The molecule has 0 radical (unpaired) electrons. The van der Waals surface area contributed by atoms with E-state index in [9.17, 15) is 4.79 Å². The third-order valence-electron chi connectivity index (χ3n) is 6.68. The summed E-state index contributed by atoms with van der Waals surface area (Å²) in [5.41, 5.74) is 8.21. The number of nitrogens with one attached hydrogen (secondary N) is 1. The molecule has 4 rings (SSSR count). The summed E-state index contributed by atoms with van der Waals surface area (Å²) in [5, 5.41) is 8.58. The molecule has 2 fully saturated rings. The number of amides is 1. The fraction of sp³-hybridized carbons (Fsp3) is 0.500. The van der Waals surface area contributed by atoms with E-state index < -0.39 is 0 Å². The molecular weight excluding hydrogens is 404 g/mol. The number of methoxy groups -OCH3 is 1. The van der Waals surface area contributed by atoms with Gasteiger partial charge in [0.15, 0.2) is 0 Å². The molecule has 2 aliphatic rings. The number of nitrogens with zero attached hydrogens (tertiary/aromatic N) is 4. The molecule has 1 aromatic carbocycles. The Morgan fingerprint density at radius 3 is 2.22 bits per heavy atom. The molecule has 0 bridgehead atoms. The number of carbonyl (C=O) groups excluding carboxylic acids is 1. The minimum atomic E-state index is 0.103. The molecule has 0 saturated carbocycles. The summed E-state index contributed by atoms with van der Waals surface area (Å²) in [7, 11) is 1.64. The van der Waals surface area contributed by atoms with Crippen LogP contribution in [0.25, 0.3) is 0 Å². The van der Waals surface area contributed by atoms with Crippen molar-refractivity contribution in [2.45, 2.75) is 32.2 Å². The molecule has 8 heteroatoms. The fourth-order valence-corrected chi connectivity index (χ4v) is 4.70. The molecule has 2 aromatic rings. The van der Waals surface area contributed by atoms with Gasteiger partial charge in [-0.3, -0.25) is 9.69 Å². The van der Waals surface area contributed by atoms with Gasteiger partial charge >= 0.3 is 0 Å². The normalized spacial score (nSPS) is 18.5. The zero-order valence-corrected chi connectivity index (χ0v) is 18.7. The number of anilines is 1. The monoisotopic (exact) mass is 436 g/mol. The van der Waals surface area contributed by atoms with Crippen LogP contribution in [0.4, 0.5) is 5.95 Å². The van der Waals surface area contributed by atoms with Crippen molar-refractivity contribution >= 4 is 17.6 Å². The molecule has 1 aromatic heterocycles. The van der Waals surface area contributed by atoms with Gasteiger partial charge in [-0.25, -0.2) is 9.97 Å². The lowest BCUT2D eigenvalue weighted by molar-refractivity contribution is -0.138. The van der Waals surface area contributed by atoms with Gasteiger partial charge in [-0.2, -0.15) is 0 Å². The predicted molar refractivity (Wildman–Crippen MR) is 124 cm³/mol. The third kappa shape index (κ3) is 5.24. The van der Waals surface area contributed by atoms with E-state index in [1.54, 1.807) is 19.5 Å². The minimum Gasteiger partial charge on any atom is -0.497 e. The third-order valence-corrected chi connectivity index (χ3v) is 6.68. The lowest BCUT2D eigenvalue weighted by Crippen LogP contribution is -2.46. The Kier molecular flexibility index (Phi) is 6.99. The summed E-state index contributed by atoms with van der Waals surface area (Å²) in [6.45, 7) is 4.08. The molecule has 32 heavy (non-hydrogen) atoms. The molecule has 0 spiro atoms. The fourth-order valence-electron chi connectivity index (χ4n) is 4.70. The van der Waals surface area contributed by atoms with Crippen LogP contribution >= 0.6 is 0 Å². The number of nitrogens with two attached hydrogens (primary N) is 1. The Morgan fingerprint density at radius 2 is 1.62 bits per heavy atom. The number of likely N-dealkylation sites (tertiary alicyclic amines) is 2. The summed E-state index contributed by atoms with van der Waals surface area (Å²) in [4.78, 5) is 25.6. The first-order chi connectivity index (χ1) is 15.5. The van der Waals surface area contributed by atoms with E-state index in [1.165, 1.54) is 0 Å². The van der Waals surface area contributed by atoms with Crippen LogP contribution in [0.5, 0.6) is 5.75 Å². The van der Waals surface area contributed by atoms with Gasteiger partial charge in [-0.05, 0) is 68.6 Å². The highest BCUT2D eigenvalue weighted by atomic mass is 16.5. The number of nitrogen functional groups attached to an aromatic ring is 1. The Balaban J connectivity index is 1.23. The van der Waals surface area contributed by atoms with Crippen LogP contribution in [0.2, 0.25) is 0 Å². The van der Waals surface area contributed by atoms with Crippen molar-refractivity contribution in [3.63, 3.8) is 0 Å². The molecule has 170 valence electrons. The number of ether oxygens (including phenoxy) is 1. The Morgan fingerprint density at radius 1 is 1.03 bits per heavy atom. The minimum absolute atomic E-state index is 0.103. The van der Waals surface area contributed by atoms with Crippen molar-refractivity contribution < 1.29 is 9.53 Å². The van der Waals surface area contributed by atoms with Crippen LogP contribution in [0.1, 0.15) is 36.8 Å². The largest absolute Gasteiger partial charge is 0.497 e. The van der Waals surface area contributed by atoms with Gasteiger partial charge in [-0.1, -0.05) is 0 Å². The molecular formula is C24H32N6O2. The average Bonchev–Trinajstić information content (AvgIpc) is 2.85. The molecule has 1 amide bonds. The van der Waals surface area contributed by atoms with Crippen molar-refractivity contribution in [3.05, 3.63) is 47.8 Å². The first-order valence-corrected chi connectivity index (χ1v) is 11.3. The standard InChI is InChI=1S/C24H32N6O2/c1-32-21-4-2-18(3-5-21)22(25)19-8-12-30(13-9-19)23(31)20-6-10-29(11-7-20)16-17-14-27-24(26)28-15-17/h2-5,14-15,19-20,25H,6-13,16H2,1H3,(H2,26,27,28). The predicted octanol–water partition coefficient (Wildman–Crippen LogP) is 2.59. The number of rotatable bonds is 6. The van der Waals surface area contributed by atoms with Crippen LogP contribution < -0.4 is 10.5 Å². The Hall–Kier alpha value is -3.00. The maximum atomic E-state index is 13.1. The first-order valence-electron chi connectivity index (χ1n) is 11.3. The lowest BCUT2D eigenvalue weighted by atomic mass is 9.87. The SMILES string of the molecule is COc1ccc(C(=N)C2CCN(C(=O)C3CCN(Cc4cnc(N)nc4)CC3)CC2)cc1. The van der Waals surface area contributed by atoms with Crippen LogP contribution in [0, 0.1) is 17.2 Å². The number of benzene rings is 1. The number of hydrogen-bond acceptors (Lipinski definition) is 7. The van der Waals surface area contributed by atoms with Crippen molar-refractivity contribution in [2.75, 3.05) is 39.0 Å². The number of aromatic nitrogens is 2. The van der Waals surface area contributed by atoms with E-state index in [0.29, 0.717) is 11.7 Å². The Labute approximate surface area is 189 Å². The van der Waals surface area contributed by atoms with Gasteiger partial charge in [0.25, 0.3) is 0 Å². The summed E-state index contributed by atoms with van der Waals surface area (Å²) < 4.78 is 5.21. The van der Waals surface area contributed by atoms with Crippen molar-refractivity contribution in [1.29, 1.82) is 5.41 Å². The molecule has 3 N–H and O–H groups in total. The van der Waals surface area contributed by atoms with Gasteiger partial charge in [0.1, 0.15) is 5.75 Å². The highest BCUT2D eigenvalue weighted by molar-refractivity contribution is 6.00. The van der Waals surface area contributed by atoms with Crippen LogP contribution in [0.3, 0.4) is 0 Å². The van der Waals surface area contributed by atoms with Crippen molar-refractivity contribution in [3.8, 4) is 5.75 Å². The molecule has 0 unspecified atom stereocenters. The molecule has 0 atom stereocenters. The van der Waals surface area contributed by atoms with Crippen molar-refractivity contribution in [2.24, 2.45) is 11.8 Å². The average molecular weight is 437 g/mol.